The van der Waals surface area contributed by atoms with Gasteiger partial charge in [0, 0.05) is 6.54 Å². The van der Waals surface area contributed by atoms with Gasteiger partial charge in [-0.3, -0.25) is 30.0 Å². The third-order valence-electron chi connectivity index (χ3n) is 5.60. The number of hydrogen-bond donors (Lipinski definition) is 4. The van der Waals surface area contributed by atoms with Crippen molar-refractivity contribution in [3.8, 4) is 0 Å². The van der Waals surface area contributed by atoms with E-state index >= 15 is 0 Å². The summed E-state index contributed by atoms with van der Waals surface area (Å²) in [6.45, 7) is 12.1. The number of amides is 3. The van der Waals surface area contributed by atoms with Crippen LogP contribution in [0.25, 0.3) is 6.08 Å². The first kappa shape index (κ1) is 33.6. The third kappa shape index (κ3) is 12.0. The second kappa shape index (κ2) is 17.1. The molecule has 0 aliphatic heterocycles. The van der Waals surface area contributed by atoms with E-state index in [-0.39, 0.29) is 42.5 Å². The highest BCUT2D eigenvalue weighted by molar-refractivity contribution is 5.89. The van der Waals surface area contributed by atoms with Gasteiger partial charge >= 0.3 is 0 Å². The summed E-state index contributed by atoms with van der Waals surface area (Å²) in [5.41, 5.74) is 11.6. The van der Waals surface area contributed by atoms with E-state index < -0.39 is 29.7 Å². The Morgan fingerprint density at radius 3 is 2.00 bits per heavy atom. The highest BCUT2D eigenvalue weighted by Crippen LogP contribution is 2.26. The van der Waals surface area contributed by atoms with Crippen molar-refractivity contribution in [2.24, 2.45) is 35.3 Å². The molecule has 204 valence electrons. The number of nitrogens with one attached hydrogen (secondary N) is 2. The summed E-state index contributed by atoms with van der Waals surface area (Å²) < 4.78 is 0. The van der Waals surface area contributed by atoms with E-state index in [0.717, 1.165) is 5.56 Å². The number of hydrogen-bond acceptors (Lipinski definition) is 5. The number of hydroxylamine groups is 1. The van der Waals surface area contributed by atoms with Crippen LogP contribution in [0.3, 0.4) is 0 Å². The van der Waals surface area contributed by atoms with Gasteiger partial charge in [-0.25, -0.2) is 5.48 Å². The summed E-state index contributed by atoms with van der Waals surface area (Å²) in [5, 5.41) is 10.7. The molecule has 0 heterocycles. The number of carbonyl (C=O) groups is 3. The maximum absolute atomic E-state index is 13.5. The summed E-state index contributed by atoms with van der Waals surface area (Å²) in [7, 11) is 0. The Bertz CT molecular complexity index is 830. The molecule has 0 aromatic heterocycles. The van der Waals surface area contributed by atoms with E-state index in [1.54, 1.807) is 5.48 Å². The smallest absolute Gasteiger partial charge is 0.257 e. The van der Waals surface area contributed by atoms with Crippen LogP contribution >= 0.6 is 12.4 Å². The van der Waals surface area contributed by atoms with E-state index in [9.17, 15) is 19.6 Å². The minimum atomic E-state index is -0.817. The summed E-state index contributed by atoms with van der Waals surface area (Å²) in [6.07, 6.45) is 4.85. The highest BCUT2D eigenvalue weighted by Gasteiger charge is 2.35. The lowest BCUT2D eigenvalue weighted by Crippen LogP contribution is -2.56. The number of halogens is 1. The average Bonchev–Trinajstić information content (AvgIpc) is 2.79. The molecular weight excluding hydrogens is 480 g/mol. The van der Waals surface area contributed by atoms with Gasteiger partial charge in [0.05, 0.1) is 17.9 Å². The average molecular weight is 525 g/mol. The van der Waals surface area contributed by atoms with Crippen LogP contribution in [-0.4, -0.2) is 40.5 Å². The number of benzene rings is 1. The Hall–Kier alpha value is -2.42. The first-order valence-electron chi connectivity index (χ1n) is 12.5. The summed E-state index contributed by atoms with van der Waals surface area (Å²) in [4.78, 5) is 39.2. The molecule has 0 bridgehead atoms. The predicted molar refractivity (Wildman–Crippen MR) is 146 cm³/mol. The van der Waals surface area contributed by atoms with Crippen molar-refractivity contribution < 1.29 is 19.6 Å². The fraction of sp³-hybridized carbons (Fsp3) is 0.593. The van der Waals surface area contributed by atoms with Crippen LogP contribution in [0.2, 0.25) is 0 Å². The molecule has 0 aliphatic carbocycles. The van der Waals surface area contributed by atoms with Crippen molar-refractivity contribution in [1.29, 1.82) is 0 Å². The number of nitrogens with zero attached hydrogens (tertiary/aromatic N) is 1. The fourth-order valence-corrected chi connectivity index (χ4v) is 3.99. The summed E-state index contributed by atoms with van der Waals surface area (Å²) in [5.74, 6) is -2.57. The van der Waals surface area contributed by atoms with Crippen molar-refractivity contribution in [1.82, 2.24) is 15.9 Å². The second-order valence-corrected chi connectivity index (χ2v) is 10.4. The van der Waals surface area contributed by atoms with Crippen molar-refractivity contribution in [2.45, 2.75) is 66.8 Å². The van der Waals surface area contributed by atoms with Crippen molar-refractivity contribution >= 4 is 36.2 Å². The van der Waals surface area contributed by atoms with Crippen LogP contribution < -0.4 is 16.6 Å². The SMILES string of the molecule is CC(C)C[C@H](N)C(=O)N(CC(C)C)NC(=O)[C@H](CC(C)C)[C@H](C/C=C/c1ccccc1)C(=O)NO.Cl. The molecule has 0 fully saturated rings. The standard InChI is InChI=1S/C27H44N4O4.ClH/c1-18(2)15-23(22(26(33)30-35)14-10-13-21-11-8-7-9-12-21)25(32)29-31(17-20(5)6)27(34)24(28)16-19(3)4;/h7-13,18-20,22-24,35H,14-17,28H2,1-6H3,(H,29,32)(H,30,33);1H/b13-10+;/t22-,23+,24-;/m0./s1. The molecule has 36 heavy (non-hydrogen) atoms. The normalized spacial score (nSPS) is 13.9. The molecule has 1 rings (SSSR count). The van der Waals surface area contributed by atoms with Gasteiger partial charge in [0.1, 0.15) is 0 Å². The minimum Gasteiger partial charge on any atom is -0.320 e. The zero-order valence-corrected chi connectivity index (χ0v) is 23.3. The van der Waals surface area contributed by atoms with Gasteiger partial charge in [-0.1, -0.05) is 84.0 Å². The first-order chi connectivity index (χ1) is 16.5. The highest BCUT2D eigenvalue weighted by atomic mass is 35.5. The summed E-state index contributed by atoms with van der Waals surface area (Å²) >= 11 is 0. The first-order valence-corrected chi connectivity index (χ1v) is 12.5. The molecule has 8 nitrogen and oxygen atoms in total. The van der Waals surface area contributed by atoms with Crippen LogP contribution in [0.5, 0.6) is 0 Å². The molecule has 3 amide bonds. The topological polar surface area (TPSA) is 125 Å². The number of hydrazine groups is 1. The van der Waals surface area contributed by atoms with E-state index in [1.807, 2.05) is 84.0 Å². The van der Waals surface area contributed by atoms with Crippen LogP contribution in [0.4, 0.5) is 0 Å². The lowest BCUT2D eigenvalue weighted by atomic mass is 9.82. The number of nitrogens with two attached hydrogens (primary N) is 1. The zero-order chi connectivity index (χ0) is 26.5. The van der Waals surface area contributed by atoms with Crippen molar-refractivity contribution in [2.75, 3.05) is 6.54 Å². The van der Waals surface area contributed by atoms with Gasteiger partial charge in [0.15, 0.2) is 0 Å². The molecule has 0 radical (unpaired) electrons. The van der Waals surface area contributed by atoms with Gasteiger partial charge < -0.3 is 5.73 Å². The molecule has 0 saturated carbocycles. The molecule has 0 saturated heterocycles. The molecule has 1 aromatic rings. The molecule has 0 spiro atoms. The van der Waals surface area contributed by atoms with Crippen LogP contribution in [0.15, 0.2) is 36.4 Å². The van der Waals surface area contributed by atoms with Gasteiger partial charge in [-0.15, -0.1) is 12.4 Å². The fourth-order valence-electron chi connectivity index (χ4n) is 3.99. The molecule has 0 unspecified atom stereocenters. The number of allylic oxidation sites excluding steroid dienone is 1. The Morgan fingerprint density at radius 1 is 0.917 bits per heavy atom. The monoisotopic (exact) mass is 524 g/mol. The van der Waals surface area contributed by atoms with E-state index in [0.29, 0.717) is 19.4 Å². The van der Waals surface area contributed by atoms with Crippen molar-refractivity contribution in [3.05, 3.63) is 42.0 Å². The Labute approximate surface area is 222 Å². The molecular formula is C27H45ClN4O4. The Morgan fingerprint density at radius 2 is 1.50 bits per heavy atom. The Kier molecular flexibility index (Phi) is 16.0. The molecule has 5 N–H and O–H groups in total. The van der Waals surface area contributed by atoms with Crippen molar-refractivity contribution in [3.63, 3.8) is 0 Å². The zero-order valence-electron chi connectivity index (χ0n) is 22.4. The molecule has 3 atom stereocenters. The Balaban J connectivity index is 0.0000122. The minimum absolute atomic E-state index is 0. The van der Waals surface area contributed by atoms with Gasteiger partial charge in [-0.05, 0) is 42.6 Å². The van der Waals surface area contributed by atoms with Gasteiger partial charge in [0.2, 0.25) is 11.8 Å². The van der Waals surface area contributed by atoms with Gasteiger partial charge in [-0.2, -0.15) is 0 Å². The largest absolute Gasteiger partial charge is 0.320 e. The second-order valence-electron chi connectivity index (χ2n) is 10.4. The molecule has 1 aromatic carbocycles. The van der Waals surface area contributed by atoms with E-state index in [4.69, 9.17) is 5.73 Å². The van der Waals surface area contributed by atoms with Gasteiger partial charge in [0.25, 0.3) is 5.91 Å². The molecule has 9 heteroatoms. The quantitative estimate of drug-likeness (QED) is 0.227. The summed E-state index contributed by atoms with van der Waals surface area (Å²) in [6, 6.07) is 8.88. The predicted octanol–water partition coefficient (Wildman–Crippen LogP) is 4.18. The number of rotatable bonds is 13. The van der Waals surface area contributed by atoms with E-state index in [2.05, 4.69) is 5.43 Å². The maximum atomic E-state index is 13.5. The van der Waals surface area contributed by atoms with Crippen LogP contribution in [0.1, 0.15) is 66.4 Å². The molecule has 0 aliphatic rings. The third-order valence-corrected chi connectivity index (χ3v) is 5.60. The lowest BCUT2D eigenvalue weighted by Gasteiger charge is -2.32. The lowest BCUT2D eigenvalue weighted by molar-refractivity contribution is -0.148. The maximum Gasteiger partial charge on any atom is 0.257 e. The van der Waals surface area contributed by atoms with E-state index in [1.165, 1.54) is 5.01 Å². The number of carbonyl (C=O) groups excluding carboxylic acids is 3. The van der Waals surface area contributed by atoms with Crippen LogP contribution in [-0.2, 0) is 14.4 Å². The van der Waals surface area contributed by atoms with Crippen LogP contribution in [0, 0.1) is 29.6 Å².